The van der Waals surface area contributed by atoms with Crippen molar-refractivity contribution in [2.75, 3.05) is 12.0 Å². The van der Waals surface area contributed by atoms with E-state index in [-0.39, 0.29) is 11.5 Å². The van der Waals surface area contributed by atoms with Gasteiger partial charge in [0.25, 0.3) is 5.56 Å². The van der Waals surface area contributed by atoms with Gasteiger partial charge in [0.15, 0.2) is 11.2 Å². The van der Waals surface area contributed by atoms with Gasteiger partial charge >= 0.3 is 5.69 Å². The first-order chi connectivity index (χ1) is 13.8. The third-order valence-electron chi connectivity index (χ3n) is 4.46. The number of nitrogens with one attached hydrogen (secondary N) is 1. The summed E-state index contributed by atoms with van der Waals surface area (Å²) < 4.78 is 9.67. The Labute approximate surface area is 168 Å². The number of fused-ring (bicyclic) bond motifs is 1. The number of aryl methyl sites for hydroxylation is 1. The van der Waals surface area contributed by atoms with Gasteiger partial charge < -0.3 is 9.30 Å². The molecule has 0 fully saturated rings. The summed E-state index contributed by atoms with van der Waals surface area (Å²) >= 11 is 0. The lowest BCUT2D eigenvalue weighted by atomic mass is 10.2. The van der Waals surface area contributed by atoms with Crippen LogP contribution in [0.4, 0.5) is 5.95 Å². The molecule has 0 atom stereocenters. The van der Waals surface area contributed by atoms with E-state index in [0.29, 0.717) is 30.3 Å². The van der Waals surface area contributed by atoms with E-state index in [0.717, 1.165) is 15.9 Å². The van der Waals surface area contributed by atoms with Crippen LogP contribution in [0.25, 0.3) is 11.2 Å². The number of aromatic nitrogens is 4. The quantitative estimate of drug-likeness (QED) is 0.485. The lowest BCUT2D eigenvalue weighted by Crippen LogP contribution is -2.37. The van der Waals surface area contributed by atoms with Crippen LogP contribution in [-0.2, 0) is 20.6 Å². The summed E-state index contributed by atoms with van der Waals surface area (Å²) in [7, 11) is 3.07. The van der Waals surface area contributed by atoms with Crippen molar-refractivity contribution >= 4 is 23.3 Å². The van der Waals surface area contributed by atoms with E-state index in [1.165, 1.54) is 11.6 Å². The maximum atomic E-state index is 12.7. The molecule has 2 aromatic heterocycles. The zero-order chi connectivity index (χ0) is 21.1. The van der Waals surface area contributed by atoms with E-state index < -0.39 is 5.69 Å². The van der Waals surface area contributed by atoms with Crippen LogP contribution in [0.5, 0.6) is 5.75 Å². The first-order valence-electron chi connectivity index (χ1n) is 9.51. The number of imidazole rings is 1. The largest absolute Gasteiger partial charge is 0.494 e. The Bertz CT molecular complexity index is 1150. The highest BCUT2D eigenvalue weighted by atomic mass is 16.5. The van der Waals surface area contributed by atoms with E-state index >= 15 is 0 Å². The molecule has 3 rings (SSSR count). The summed E-state index contributed by atoms with van der Waals surface area (Å²) in [6.45, 7) is 7.20. The van der Waals surface area contributed by atoms with E-state index in [1.807, 2.05) is 45.0 Å². The molecule has 3 aromatic rings. The number of anilines is 1. The molecule has 154 valence electrons. The van der Waals surface area contributed by atoms with Crippen molar-refractivity contribution < 1.29 is 4.74 Å². The number of benzene rings is 1. The van der Waals surface area contributed by atoms with Gasteiger partial charge in [0.1, 0.15) is 5.75 Å². The fourth-order valence-corrected chi connectivity index (χ4v) is 3.06. The van der Waals surface area contributed by atoms with Crippen LogP contribution in [0, 0.1) is 5.92 Å². The Balaban J connectivity index is 1.98. The molecule has 0 saturated carbocycles. The minimum atomic E-state index is -0.416. The van der Waals surface area contributed by atoms with Crippen molar-refractivity contribution in [1.29, 1.82) is 0 Å². The van der Waals surface area contributed by atoms with Gasteiger partial charge in [-0.15, -0.1) is 0 Å². The molecule has 2 heterocycles. The summed E-state index contributed by atoms with van der Waals surface area (Å²) in [6.07, 6.45) is 1.66. The number of hydrogen-bond acceptors (Lipinski definition) is 6. The van der Waals surface area contributed by atoms with Crippen molar-refractivity contribution in [1.82, 2.24) is 18.7 Å². The third kappa shape index (κ3) is 4.08. The molecule has 1 N–H and O–H groups in total. The molecule has 0 spiro atoms. The Morgan fingerprint density at radius 2 is 1.86 bits per heavy atom. The molecular weight excluding hydrogens is 372 g/mol. The number of nitrogens with zero attached hydrogens (tertiary/aromatic N) is 5. The summed E-state index contributed by atoms with van der Waals surface area (Å²) in [5.74, 6) is 1.48. The molecule has 0 saturated heterocycles. The fraction of sp³-hybridized carbons (Fsp3) is 0.400. The Morgan fingerprint density at radius 3 is 2.48 bits per heavy atom. The van der Waals surface area contributed by atoms with Crippen LogP contribution in [0.1, 0.15) is 26.3 Å². The van der Waals surface area contributed by atoms with E-state index in [4.69, 9.17) is 4.74 Å². The van der Waals surface area contributed by atoms with Crippen LogP contribution in [0.15, 0.2) is 39.0 Å². The standard InChI is InChI=1S/C20H26N6O3/c1-6-29-15-9-7-14(8-10-15)11-21-23-19-22-17-16(26(19)12-13(2)3)18(27)25(5)20(28)24(17)4/h7-11,13H,6,12H2,1-5H3,(H,22,23)/b21-11-. The normalized spacial score (nSPS) is 11.7. The van der Waals surface area contributed by atoms with E-state index in [1.54, 1.807) is 17.8 Å². The average molecular weight is 398 g/mol. The zero-order valence-corrected chi connectivity index (χ0v) is 17.3. The summed E-state index contributed by atoms with van der Waals surface area (Å²) in [5.41, 5.74) is 3.72. The van der Waals surface area contributed by atoms with Crippen LogP contribution in [-0.4, -0.2) is 31.5 Å². The van der Waals surface area contributed by atoms with Gasteiger partial charge in [-0.25, -0.2) is 10.2 Å². The summed E-state index contributed by atoms with van der Waals surface area (Å²) in [4.78, 5) is 29.4. The highest BCUT2D eigenvalue weighted by Crippen LogP contribution is 2.18. The first-order valence-corrected chi connectivity index (χ1v) is 9.51. The molecule has 9 nitrogen and oxygen atoms in total. The van der Waals surface area contributed by atoms with Crippen molar-refractivity contribution in [3.05, 3.63) is 50.7 Å². The number of hydrogen-bond donors (Lipinski definition) is 1. The smallest absolute Gasteiger partial charge is 0.332 e. The Morgan fingerprint density at radius 1 is 1.17 bits per heavy atom. The van der Waals surface area contributed by atoms with Crippen molar-refractivity contribution in [3.8, 4) is 5.75 Å². The lowest BCUT2D eigenvalue weighted by Gasteiger charge is -2.11. The SMILES string of the molecule is CCOc1ccc(/C=N\Nc2nc3c(c(=O)n(C)c(=O)n3C)n2CC(C)C)cc1. The van der Waals surface area contributed by atoms with Gasteiger partial charge in [0.2, 0.25) is 5.95 Å². The molecule has 0 unspecified atom stereocenters. The van der Waals surface area contributed by atoms with Gasteiger partial charge in [0, 0.05) is 20.6 Å². The highest BCUT2D eigenvalue weighted by molar-refractivity contribution is 5.80. The summed E-state index contributed by atoms with van der Waals surface area (Å²) in [5, 5.41) is 4.26. The predicted molar refractivity (Wildman–Crippen MR) is 114 cm³/mol. The maximum Gasteiger partial charge on any atom is 0.332 e. The molecule has 9 heteroatoms. The third-order valence-corrected chi connectivity index (χ3v) is 4.46. The second-order valence-electron chi connectivity index (χ2n) is 7.19. The average Bonchev–Trinajstić information content (AvgIpc) is 3.04. The predicted octanol–water partition coefficient (Wildman–Crippen LogP) is 1.93. The summed E-state index contributed by atoms with van der Waals surface area (Å²) in [6, 6.07) is 7.54. The topological polar surface area (TPSA) is 95.4 Å². The molecule has 0 aliphatic carbocycles. The molecular formula is C20H26N6O3. The van der Waals surface area contributed by atoms with Crippen LogP contribution >= 0.6 is 0 Å². The molecule has 0 aliphatic rings. The molecule has 0 radical (unpaired) electrons. The molecule has 29 heavy (non-hydrogen) atoms. The second-order valence-corrected chi connectivity index (χ2v) is 7.19. The van der Waals surface area contributed by atoms with Crippen LogP contribution < -0.4 is 21.4 Å². The van der Waals surface area contributed by atoms with Crippen molar-refractivity contribution in [2.45, 2.75) is 27.3 Å². The highest BCUT2D eigenvalue weighted by Gasteiger charge is 2.19. The molecule has 0 amide bonds. The van der Waals surface area contributed by atoms with Gasteiger partial charge in [-0.05, 0) is 42.7 Å². The Kier molecular flexibility index (Phi) is 5.86. The van der Waals surface area contributed by atoms with E-state index in [9.17, 15) is 9.59 Å². The van der Waals surface area contributed by atoms with Gasteiger partial charge in [0.05, 0.1) is 12.8 Å². The van der Waals surface area contributed by atoms with Crippen LogP contribution in [0.2, 0.25) is 0 Å². The maximum absolute atomic E-state index is 12.7. The van der Waals surface area contributed by atoms with Gasteiger partial charge in [-0.3, -0.25) is 13.9 Å². The molecule has 0 aliphatic heterocycles. The van der Waals surface area contributed by atoms with Crippen molar-refractivity contribution in [3.63, 3.8) is 0 Å². The minimum Gasteiger partial charge on any atom is -0.494 e. The Hall–Kier alpha value is -3.36. The first kappa shape index (κ1) is 20.4. The number of ether oxygens (including phenoxy) is 1. The zero-order valence-electron chi connectivity index (χ0n) is 17.3. The van der Waals surface area contributed by atoms with Gasteiger partial charge in [-0.2, -0.15) is 10.1 Å². The fourth-order valence-electron chi connectivity index (χ4n) is 3.06. The molecule has 0 bridgehead atoms. The number of rotatable bonds is 7. The van der Waals surface area contributed by atoms with Crippen LogP contribution in [0.3, 0.4) is 0 Å². The minimum absolute atomic E-state index is 0.268. The molecule has 1 aromatic carbocycles. The number of hydrazone groups is 1. The van der Waals surface area contributed by atoms with E-state index in [2.05, 4.69) is 15.5 Å². The van der Waals surface area contributed by atoms with Crippen molar-refractivity contribution in [2.24, 2.45) is 25.1 Å². The second kappa shape index (κ2) is 8.34. The van der Waals surface area contributed by atoms with Gasteiger partial charge in [-0.1, -0.05) is 13.8 Å². The lowest BCUT2D eigenvalue weighted by molar-refractivity contribution is 0.340. The monoisotopic (exact) mass is 398 g/mol.